The minimum absolute atomic E-state index is 0.0998. The molecule has 94 valence electrons. The Balaban J connectivity index is 1.78. The minimum atomic E-state index is 0.0998. The molecule has 0 heterocycles. The molecule has 1 amide bonds. The average molecular weight is 228 g/mol. The third-order valence-electron chi connectivity index (χ3n) is 2.82. The summed E-state index contributed by atoms with van der Waals surface area (Å²) in [7, 11) is 0. The Morgan fingerprint density at radius 1 is 1.19 bits per heavy atom. The Hall–Kier alpha value is -0.610. The maximum absolute atomic E-state index is 11.3. The number of aliphatic hydroxyl groups is 1. The van der Waals surface area contributed by atoms with Gasteiger partial charge in [0.05, 0.1) is 6.54 Å². The van der Waals surface area contributed by atoms with Crippen LogP contribution in [0.3, 0.4) is 0 Å². The predicted molar refractivity (Wildman–Crippen MR) is 64.2 cm³/mol. The summed E-state index contributed by atoms with van der Waals surface area (Å²) in [5.74, 6) is 0.925. The van der Waals surface area contributed by atoms with E-state index in [4.69, 9.17) is 5.11 Å². The molecule has 0 unspecified atom stereocenters. The maximum atomic E-state index is 11.3. The van der Waals surface area contributed by atoms with Crippen molar-refractivity contribution in [3.05, 3.63) is 0 Å². The molecule has 0 aromatic carbocycles. The normalized spacial score (nSPS) is 15.1. The summed E-state index contributed by atoms with van der Waals surface area (Å²) in [6.07, 6.45) is 6.65. The van der Waals surface area contributed by atoms with Gasteiger partial charge < -0.3 is 15.7 Å². The molecule has 3 N–H and O–H groups in total. The fourth-order valence-electron chi connectivity index (χ4n) is 1.59. The van der Waals surface area contributed by atoms with Crippen molar-refractivity contribution in [1.29, 1.82) is 0 Å². The minimum Gasteiger partial charge on any atom is -0.396 e. The number of amides is 1. The highest BCUT2D eigenvalue weighted by Crippen LogP contribution is 2.27. The smallest absolute Gasteiger partial charge is 0.233 e. The van der Waals surface area contributed by atoms with Crippen molar-refractivity contribution in [3.8, 4) is 0 Å². The van der Waals surface area contributed by atoms with E-state index in [1.54, 1.807) is 0 Å². The van der Waals surface area contributed by atoms with Gasteiger partial charge in [-0.2, -0.15) is 0 Å². The van der Waals surface area contributed by atoms with Gasteiger partial charge in [-0.15, -0.1) is 0 Å². The highest BCUT2D eigenvalue weighted by atomic mass is 16.2. The largest absolute Gasteiger partial charge is 0.396 e. The molecule has 4 nitrogen and oxygen atoms in total. The van der Waals surface area contributed by atoms with Gasteiger partial charge in [-0.25, -0.2) is 0 Å². The topological polar surface area (TPSA) is 61.4 Å². The highest BCUT2D eigenvalue weighted by molar-refractivity contribution is 5.77. The zero-order valence-electron chi connectivity index (χ0n) is 10.0. The van der Waals surface area contributed by atoms with E-state index >= 15 is 0 Å². The van der Waals surface area contributed by atoms with Crippen LogP contribution in [0.2, 0.25) is 0 Å². The first kappa shape index (κ1) is 13.5. The number of aliphatic hydroxyl groups excluding tert-OH is 1. The Morgan fingerprint density at radius 2 is 1.94 bits per heavy atom. The van der Waals surface area contributed by atoms with E-state index in [0.29, 0.717) is 6.54 Å². The summed E-state index contributed by atoms with van der Waals surface area (Å²) in [4.78, 5) is 11.3. The lowest BCUT2D eigenvalue weighted by Gasteiger charge is -2.06. The van der Waals surface area contributed by atoms with Crippen molar-refractivity contribution in [3.63, 3.8) is 0 Å². The van der Waals surface area contributed by atoms with E-state index in [9.17, 15) is 4.79 Å². The van der Waals surface area contributed by atoms with Crippen LogP contribution >= 0.6 is 0 Å². The molecule has 0 bridgehead atoms. The van der Waals surface area contributed by atoms with Crippen LogP contribution in [0.4, 0.5) is 0 Å². The number of hydrogen-bond acceptors (Lipinski definition) is 3. The molecule has 16 heavy (non-hydrogen) atoms. The molecular formula is C12H24N2O2. The van der Waals surface area contributed by atoms with Crippen LogP contribution in [-0.4, -0.2) is 37.3 Å². The van der Waals surface area contributed by atoms with Gasteiger partial charge in [0.2, 0.25) is 5.91 Å². The summed E-state index contributed by atoms with van der Waals surface area (Å²) in [5, 5.41) is 14.6. The lowest BCUT2D eigenvalue weighted by atomic mass is 10.2. The standard InChI is InChI=1S/C12H24N2O2/c15-8-4-2-1-3-7-14-12(16)10-13-9-11-5-6-11/h11,13,15H,1-10H2,(H,14,16). The fraction of sp³-hybridized carbons (Fsp3) is 0.917. The SMILES string of the molecule is O=C(CNCC1CC1)NCCCCCCO. The molecule has 0 atom stereocenters. The van der Waals surface area contributed by atoms with Gasteiger partial charge in [-0.1, -0.05) is 12.8 Å². The second-order valence-corrected chi connectivity index (χ2v) is 4.56. The van der Waals surface area contributed by atoms with Crippen LogP contribution in [0.25, 0.3) is 0 Å². The summed E-state index contributed by atoms with van der Waals surface area (Å²) in [5.41, 5.74) is 0. The van der Waals surface area contributed by atoms with E-state index in [-0.39, 0.29) is 12.5 Å². The van der Waals surface area contributed by atoms with Crippen LogP contribution in [0.5, 0.6) is 0 Å². The third-order valence-corrected chi connectivity index (χ3v) is 2.82. The number of carbonyl (C=O) groups excluding carboxylic acids is 1. The first-order chi connectivity index (χ1) is 7.83. The molecule has 0 aromatic rings. The summed E-state index contributed by atoms with van der Waals surface area (Å²) < 4.78 is 0. The van der Waals surface area contributed by atoms with Crippen molar-refractivity contribution >= 4 is 5.91 Å². The van der Waals surface area contributed by atoms with Crippen molar-refractivity contribution in [2.75, 3.05) is 26.2 Å². The van der Waals surface area contributed by atoms with Gasteiger partial charge in [0.1, 0.15) is 0 Å². The quantitative estimate of drug-likeness (QED) is 0.481. The summed E-state index contributed by atoms with van der Waals surface area (Å²) >= 11 is 0. The van der Waals surface area contributed by atoms with Crippen LogP contribution in [-0.2, 0) is 4.79 Å². The predicted octanol–water partition coefficient (Wildman–Crippen LogP) is 0.655. The van der Waals surface area contributed by atoms with Gasteiger partial charge in [0.25, 0.3) is 0 Å². The fourth-order valence-corrected chi connectivity index (χ4v) is 1.59. The van der Waals surface area contributed by atoms with Crippen LogP contribution in [0.1, 0.15) is 38.5 Å². The van der Waals surface area contributed by atoms with Crippen molar-refractivity contribution in [2.45, 2.75) is 38.5 Å². The average Bonchev–Trinajstić information content (AvgIpc) is 3.07. The molecule has 0 spiro atoms. The molecule has 1 saturated carbocycles. The van der Waals surface area contributed by atoms with Gasteiger partial charge in [0.15, 0.2) is 0 Å². The zero-order valence-corrected chi connectivity index (χ0v) is 10.0. The number of carbonyl (C=O) groups is 1. The second kappa shape index (κ2) is 8.53. The van der Waals surface area contributed by atoms with Crippen LogP contribution < -0.4 is 10.6 Å². The maximum Gasteiger partial charge on any atom is 0.233 e. The molecule has 1 fully saturated rings. The van der Waals surface area contributed by atoms with Gasteiger partial charge in [-0.05, 0) is 38.1 Å². The summed E-state index contributed by atoms with van der Waals surface area (Å²) in [6.45, 7) is 2.48. The monoisotopic (exact) mass is 228 g/mol. The Kier molecular flexibility index (Phi) is 7.17. The molecule has 0 aliphatic heterocycles. The first-order valence-corrected chi connectivity index (χ1v) is 6.41. The highest BCUT2D eigenvalue weighted by Gasteiger charge is 2.20. The third kappa shape index (κ3) is 7.65. The molecule has 0 saturated heterocycles. The van der Waals surface area contributed by atoms with E-state index in [1.165, 1.54) is 12.8 Å². The van der Waals surface area contributed by atoms with E-state index in [2.05, 4.69) is 10.6 Å². The lowest BCUT2D eigenvalue weighted by Crippen LogP contribution is -2.35. The zero-order chi connectivity index (χ0) is 11.6. The van der Waals surface area contributed by atoms with Crippen LogP contribution in [0, 0.1) is 5.92 Å². The van der Waals surface area contributed by atoms with Crippen molar-refractivity contribution in [1.82, 2.24) is 10.6 Å². The molecule has 1 aliphatic rings. The number of unbranched alkanes of at least 4 members (excludes halogenated alkanes) is 3. The van der Waals surface area contributed by atoms with Crippen LogP contribution in [0.15, 0.2) is 0 Å². The van der Waals surface area contributed by atoms with Gasteiger partial charge in [-0.3, -0.25) is 4.79 Å². The lowest BCUT2D eigenvalue weighted by molar-refractivity contribution is -0.120. The molecule has 0 aromatic heterocycles. The Morgan fingerprint density at radius 3 is 2.62 bits per heavy atom. The first-order valence-electron chi connectivity index (χ1n) is 6.41. The summed E-state index contributed by atoms with van der Waals surface area (Å²) in [6, 6.07) is 0. The number of nitrogens with one attached hydrogen (secondary N) is 2. The Bertz CT molecular complexity index is 193. The van der Waals surface area contributed by atoms with Gasteiger partial charge >= 0.3 is 0 Å². The second-order valence-electron chi connectivity index (χ2n) is 4.56. The van der Waals surface area contributed by atoms with E-state index < -0.39 is 0 Å². The Labute approximate surface area is 97.8 Å². The molecular weight excluding hydrogens is 204 g/mol. The van der Waals surface area contributed by atoms with Gasteiger partial charge in [0, 0.05) is 13.2 Å². The molecule has 0 radical (unpaired) electrons. The van der Waals surface area contributed by atoms with Crippen molar-refractivity contribution in [2.24, 2.45) is 5.92 Å². The number of rotatable bonds is 10. The van der Waals surface area contributed by atoms with E-state index in [0.717, 1.165) is 44.7 Å². The molecule has 4 heteroatoms. The van der Waals surface area contributed by atoms with E-state index in [1.807, 2.05) is 0 Å². The molecule has 1 aliphatic carbocycles. The molecule has 1 rings (SSSR count). The van der Waals surface area contributed by atoms with Crippen molar-refractivity contribution < 1.29 is 9.90 Å². The number of hydrogen-bond donors (Lipinski definition) is 3.